The van der Waals surface area contributed by atoms with E-state index in [1.165, 1.54) is 25.7 Å². The molecule has 1 aliphatic heterocycles. The lowest BCUT2D eigenvalue weighted by atomic mass is 9.94. The van der Waals surface area contributed by atoms with Gasteiger partial charge in [0.2, 0.25) is 0 Å². The SMILES string of the molecule is CC1CC(C)(C)NC(CCCCCCBr)O1. The maximum Gasteiger partial charge on any atom is 0.108 e. The van der Waals surface area contributed by atoms with Crippen LogP contribution in [0.3, 0.4) is 0 Å². The van der Waals surface area contributed by atoms with Gasteiger partial charge in [0.1, 0.15) is 6.23 Å². The molecule has 16 heavy (non-hydrogen) atoms. The number of halogens is 1. The van der Waals surface area contributed by atoms with Crippen LogP contribution in [0.1, 0.15) is 59.3 Å². The molecule has 2 unspecified atom stereocenters. The molecule has 0 aliphatic carbocycles. The predicted molar refractivity (Wildman–Crippen MR) is 73.0 cm³/mol. The van der Waals surface area contributed by atoms with Crippen LogP contribution in [0, 0.1) is 0 Å². The van der Waals surface area contributed by atoms with E-state index < -0.39 is 0 Å². The van der Waals surface area contributed by atoms with E-state index in [9.17, 15) is 0 Å². The van der Waals surface area contributed by atoms with Crippen molar-refractivity contribution in [3.63, 3.8) is 0 Å². The number of nitrogens with one attached hydrogen (secondary N) is 1. The van der Waals surface area contributed by atoms with Crippen molar-refractivity contribution in [1.29, 1.82) is 0 Å². The largest absolute Gasteiger partial charge is 0.360 e. The smallest absolute Gasteiger partial charge is 0.108 e. The van der Waals surface area contributed by atoms with Crippen molar-refractivity contribution in [2.75, 3.05) is 5.33 Å². The van der Waals surface area contributed by atoms with E-state index in [1.807, 2.05) is 0 Å². The second-order valence-corrected chi connectivity index (χ2v) is 6.35. The van der Waals surface area contributed by atoms with Gasteiger partial charge in [0.05, 0.1) is 6.10 Å². The van der Waals surface area contributed by atoms with E-state index in [0.29, 0.717) is 6.10 Å². The van der Waals surface area contributed by atoms with Gasteiger partial charge >= 0.3 is 0 Å². The Bertz CT molecular complexity index is 196. The second-order valence-electron chi connectivity index (χ2n) is 5.56. The van der Waals surface area contributed by atoms with Crippen LogP contribution in [-0.2, 0) is 4.74 Å². The Morgan fingerprint density at radius 1 is 1.25 bits per heavy atom. The molecule has 1 saturated heterocycles. The van der Waals surface area contributed by atoms with Gasteiger partial charge in [0, 0.05) is 10.9 Å². The fourth-order valence-corrected chi connectivity index (χ4v) is 2.89. The van der Waals surface area contributed by atoms with Crippen molar-refractivity contribution in [2.24, 2.45) is 0 Å². The number of ether oxygens (including phenoxy) is 1. The fourth-order valence-electron chi connectivity index (χ4n) is 2.49. The van der Waals surface area contributed by atoms with Gasteiger partial charge in [-0.15, -0.1) is 0 Å². The van der Waals surface area contributed by atoms with Crippen molar-refractivity contribution in [1.82, 2.24) is 5.32 Å². The Morgan fingerprint density at radius 2 is 1.94 bits per heavy atom. The second kappa shape index (κ2) is 6.97. The summed E-state index contributed by atoms with van der Waals surface area (Å²) in [6, 6.07) is 0. The molecule has 2 atom stereocenters. The average molecular weight is 292 g/mol. The third-order valence-corrected chi connectivity index (χ3v) is 3.66. The van der Waals surface area contributed by atoms with E-state index in [4.69, 9.17) is 4.74 Å². The van der Waals surface area contributed by atoms with Gasteiger partial charge in [-0.1, -0.05) is 28.8 Å². The molecule has 0 bridgehead atoms. The normalized spacial score (nSPS) is 29.2. The summed E-state index contributed by atoms with van der Waals surface area (Å²) in [6.45, 7) is 6.72. The monoisotopic (exact) mass is 291 g/mol. The fraction of sp³-hybridized carbons (Fsp3) is 1.00. The minimum Gasteiger partial charge on any atom is -0.360 e. The highest BCUT2D eigenvalue weighted by atomic mass is 79.9. The van der Waals surface area contributed by atoms with Gasteiger partial charge in [-0.25, -0.2) is 0 Å². The molecule has 1 heterocycles. The topological polar surface area (TPSA) is 21.3 Å². The lowest BCUT2D eigenvalue weighted by molar-refractivity contribution is -0.0908. The summed E-state index contributed by atoms with van der Waals surface area (Å²) in [5.74, 6) is 0. The van der Waals surface area contributed by atoms with Crippen molar-refractivity contribution in [3.05, 3.63) is 0 Å². The standard InChI is InChI=1S/C13H26BrNO/c1-11-10-13(2,3)15-12(16-11)8-6-4-5-7-9-14/h11-12,15H,4-10H2,1-3H3. The van der Waals surface area contributed by atoms with Crippen LogP contribution in [0.5, 0.6) is 0 Å². The van der Waals surface area contributed by atoms with Crippen LogP contribution < -0.4 is 5.32 Å². The quantitative estimate of drug-likeness (QED) is 0.593. The summed E-state index contributed by atoms with van der Waals surface area (Å²) in [6.07, 6.45) is 8.13. The Morgan fingerprint density at radius 3 is 2.56 bits per heavy atom. The first-order valence-corrected chi connectivity index (χ1v) is 7.65. The molecule has 96 valence electrons. The van der Waals surface area contributed by atoms with Crippen molar-refractivity contribution in [2.45, 2.75) is 77.2 Å². The van der Waals surface area contributed by atoms with Gasteiger partial charge in [-0.05, 0) is 46.5 Å². The number of hydrogen-bond donors (Lipinski definition) is 1. The molecule has 1 aliphatic rings. The van der Waals surface area contributed by atoms with Crippen molar-refractivity contribution < 1.29 is 4.74 Å². The van der Waals surface area contributed by atoms with E-state index in [0.717, 1.165) is 18.2 Å². The first kappa shape index (κ1) is 14.5. The molecule has 0 saturated carbocycles. The summed E-state index contributed by atoms with van der Waals surface area (Å²) in [5.41, 5.74) is 0.234. The highest BCUT2D eigenvalue weighted by Gasteiger charge is 2.31. The first-order valence-electron chi connectivity index (χ1n) is 6.52. The Kier molecular flexibility index (Phi) is 6.30. The maximum atomic E-state index is 5.91. The summed E-state index contributed by atoms with van der Waals surface area (Å²) in [5, 5.41) is 4.72. The minimum absolute atomic E-state index is 0.234. The zero-order chi connectivity index (χ0) is 12.0. The molecule has 0 aromatic carbocycles. The molecular formula is C13H26BrNO. The number of rotatable bonds is 6. The summed E-state index contributed by atoms with van der Waals surface area (Å²) < 4.78 is 5.91. The van der Waals surface area contributed by atoms with Crippen LogP contribution in [0.15, 0.2) is 0 Å². The molecule has 2 nitrogen and oxygen atoms in total. The van der Waals surface area contributed by atoms with Crippen LogP contribution in [0.2, 0.25) is 0 Å². The van der Waals surface area contributed by atoms with Gasteiger partial charge in [-0.3, -0.25) is 5.32 Å². The van der Waals surface area contributed by atoms with Crippen LogP contribution in [0.25, 0.3) is 0 Å². The van der Waals surface area contributed by atoms with Crippen molar-refractivity contribution >= 4 is 15.9 Å². The third-order valence-electron chi connectivity index (χ3n) is 3.10. The van der Waals surface area contributed by atoms with Gasteiger partial charge in [0.15, 0.2) is 0 Å². The lowest BCUT2D eigenvalue weighted by Gasteiger charge is -2.40. The third kappa shape index (κ3) is 5.65. The minimum atomic E-state index is 0.234. The summed E-state index contributed by atoms with van der Waals surface area (Å²) in [7, 11) is 0. The highest BCUT2D eigenvalue weighted by Crippen LogP contribution is 2.23. The number of hydrogen-bond acceptors (Lipinski definition) is 2. The zero-order valence-electron chi connectivity index (χ0n) is 10.9. The molecule has 0 spiro atoms. The average Bonchev–Trinajstić information content (AvgIpc) is 2.14. The van der Waals surface area contributed by atoms with Gasteiger partial charge in [0.25, 0.3) is 0 Å². The van der Waals surface area contributed by atoms with Crippen LogP contribution in [-0.4, -0.2) is 23.2 Å². The van der Waals surface area contributed by atoms with Crippen LogP contribution in [0.4, 0.5) is 0 Å². The maximum absolute atomic E-state index is 5.91. The van der Waals surface area contributed by atoms with Gasteiger partial charge < -0.3 is 4.74 Å². The molecular weight excluding hydrogens is 266 g/mol. The molecule has 1 rings (SSSR count). The zero-order valence-corrected chi connectivity index (χ0v) is 12.5. The highest BCUT2D eigenvalue weighted by molar-refractivity contribution is 9.09. The summed E-state index contributed by atoms with van der Waals surface area (Å²) >= 11 is 3.46. The van der Waals surface area contributed by atoms with Gasteiger partial charge in [-0.2, -0.15) is 0 Å². The van der Waals surface area contributed by atoms with E-state index in [2.05, 4.69) is 42.0 Å². The Balaban J connectivity index is 2.16. The molecule has 3 heteroatoms. The molecule has 1 fully saturated rings. The predicted octanol–water partition coefficient (Wildman–Crippen LogP) is 3.83. The number of alkyl halides is 1. The van der Waals surface area contributed by atoms with Crippen molar-refractivity contribution in [3.8, 4) is 0 Å². The Hall–Kier alpha value is 0.400. The molecule has 0 amide bonds. The molecule has 0 radical (unpaired) electrons. The van der Waals surface area contributed by atoms with E-state index >= 15 is 0 Å². The molecule has 0 aromatic rings. The first-order chi connectivity index (χ1) is 7.53. The number of unbranched alkanes of at least 4 members (excludes halogenated alkanes) is 3. The Labute approximate surface area is 109 Å². The van der Waals surface area contributed by atoms with Crippen LogP contribution >= 0.6 is 15.9 Å². The van der Waals surface area contributed by atoms with E-state index in [-0.39, 0.29) is 11.8 Å². The summed E-state index contributed by atoms with van der Waals surface area (Å²) in [4.78, 5) is 0. The van der Waals surface area contributed by atoms with E-state index in [1.54, 1.807) is 0 Å². The molecule has 1 N–H and O–H groups in total. The lowest BCUT2D eigenvalue weighted by Crippen LogP contribution is -2.54. The molecule has 0 aromatic heterocycles.